The van der Waals surface area contributed by atoms with Crippen LogP contribution in [0, 0.1) is 0 Å². The molecule has 0 saturated heterocycles. The van der Waals surface area contributed by atoms with Crippen LogP contribution < -0.4 is 0 Å². The highest BCUT2D eigenvalue weighted by molar-refractivity contribution is 9.10. The SMILES string of the molecule is CC(C)c1cc(-c2ccccc2)cn2c(Br)c(C(=O)O)nc12. The summed E-state index contributed by atoms with van der Waals surface area (Å²) in [4.78, 5) is 15.6. The van der Waals surface area contributed by atoms with Crippen molar-refractivity contribution in [2.24, 2.45) is 0 Å². The normalized spacial score (nSPS) is 11.3. The van der Waals surface area contributed by atoms with Crippen LogP contribution in [-0.4, -0.2) is 20.5 Å². The number of hydrogen-bond acceptors (Lipinski definition) is 2. The summed E-state index contributed by atoms with van der Waals surface area (Å²) in [5, 5.41) is 9.28. The van der Waals surface area contributed by atoms with Crippen LogP contribution >= 0.6 is 15.9 Å². The van der Waals surface area contributed by atoms with Crippen LogP contribution in [-0.2, 0) is 0 Å². The number of imidazole rings is 1. The number of hydrogen-bond donors (Lipinski definition) is 1. The molecule has 3 aromatic rings. The second-order valence-electron chi connectivity index (χ2n) is 5.45. The van der Waals surface area contributed by atoms with Crippen LogP contribution in [0.2, 0.25) is 0 Å². The van der Waals surface area contributed by atoms with Gasteiger partial charge in [-0.05, 0) is 44.6 Å². The third-order valence-electron chi connectivity index (χ3n) is 3.62. The molecule has 112 valence electrons. The molecule has 4 nitrogen and oxygen atoms in total. The number of aromatic nitrogens is 2. The lowest BCUT2D eigenvalue weighted by molar-refractivity contribution is 0.0690. The minimum atomic E-state index is -1.04. The van der Waals surface area contributed by atoms with Gasteiger partial charge in [-0.25, -0.2) is 9.78 Å². The van der Waals surface area contributed by atoms with E-state index in [1.807, 2.05) is 36.5 Å². The number of aromatic carboxylic acids is 1. The first kappa shape index (κ1) is 14.8. The Bertz CT molecular complexity index is 854. The maximum Gasteiger partial charge on any atom is 0.357 e. The van der Waals surface area contributed by atoms with Crippen molar-refractivity contribution < 1.29 is 9.90 Å². The molecule has 22 heavy (non-hydrogen) atoms. The highest BCUT2D eigenvalue weighted by Crippen LogP contribution is 2.30. The highest BCUT2D eigenvalue weighted by Gasteiger charge is 2.20. The quantitative estimate of drug-likeness (QED) is 0.744. The van der Waals surface area contributed by atoms with E-state index in [1.165, 1.54) is 0 Å². The number of carbonyl (C=O) groups is 1. The average molecular weight is 359 g/mol. The molecule has 0 radical (unpaired) electrons. The number of carboxylic acids is 1. The lowest BCUT2D eigenvalue weighted by Crippen LogP contribution is -1.97. The molecule has 0 spiro atoms. The van der Waals surface area contributed by atoms with Crippen molar-refractivity contribution in [2.75, 3.05) is 0 Å². The van der Waals surface area contributed by atoms with E-state index >= 15 is 0 Å². The topological polar surface area (TPSA) is 54.6 Å². The molecule has 0 aliphatic rings. The van der Waals surface area contributed by atoms with Crippen LogP contribution in [0.5, 0.6) is 0 Å². The Labute approximate surface area is 136 Å². The number of nitrogens with zero attached hydrogens (tertiary/aromatic N) is 2. The summed E-state index contributed by atoms with van der Waals surface area (Å²) in [6.45, 7) is 4.15. The molecule has 0 bridgehead atoms. The summed E-state index contributed by atoms with van der Waals surface area (Å²) in [5.74, 6) is -0.798. The van der Waals surface area contributed by atoms with Crippen LogP contribution in [0.3, 0.4) is 0 Å². The summed E-state index contributed by atoms with van der Waals surface area (Å²) in [7, 11) is 0. The van der Waals surface area contributed by atoms with Crippen LogP contribution in [0.4, 0.5) is 0 Å². The standard InChI is InChI=1S/C17H15BrN2O2/c1-10(2)13-8-12(11-6-4-3-5-7-11)9-20-15(18)14(17(21)22)19-16(13)20/h3-10H,1-2H3,(H,21,22). The lowest BCUT2D eigenvalue weighted by Gasteiger charge is -2.11. The van der Waals surface area contributed by atoms with Gasteiger partial charge in [0, 0.05) is 6.20 Å². The van der Waals surface area contributed by atoms with Crippen molar-refractivity contribution in [3.8, 4) is 11.1 Å². The first-order valence-corrected chi connectivity index (χ1v) is 7.78. The third-order valence-corrected chi connectivity index (χ3v) is 4.38. The van der Waals surface area contributed by atoms with Gasteiger partial charge in [0.05, 0.1) is 0 Å². The maximum absolute atomic E-state index is 11.3. The molecule has 1 aromatic carbocycles. The van der Waals surface area contributed by atoms with Crippen molar-refractivity contribution in [2.45, 2.75) is 19.8 Å². The van der Waals surface area contributed by atoms with Gasteiger partial charge < -0.3 is 5.11 Å². The molecule has 0 aliphatic carbocycles. The van der Waals surface area contributed by atoms with Crippen molar-refractivity contribution in [3.05, 3.63) is 58.5 Å². The molecule has 0 unspecified atom stereocenters. The van der Waals surface area contributed by atoms with E-state index in [0.717, 1.165) is 16.7 Å². The van der Waals surface area contributed by atoms with E-state index in [2.05, 4.69) is 40.8 Å². The molecular weight excluding hydrogens is 344 g/mol. The maximum atomic E-state index is 11.3. The minimum Gasteiger partial charge on any atom is -0.476 e. The van der Waals surface area contributed by atoms with Gasteiger partial charge in [-0.15, -0.1) is 0 Å². The second-order valence-corrected chi connectivity index (χ2v) is 6.21. The van der Waals surface area contributed by atoms with Crippen LogP contribution in [0.1, 0.15) is 35.8 Å². The third kappa shape index (κ3) is 2.41. The molecule has 0 aliphatic heterocycles. The first-order valence-electron chi connectivity index (χ1n) is 6.99. The summed E-state index contributed by atoms with van der Waals surface area (Å²) in [6, 6.07) is 12.1. The van der Waals surface area contributed by atoms with E-state index in [9.17, 15) is 9.90 Å². The molecule has 0 atom stereocenters. The van der Waals surface area contributed by atoms with Gasteiger partial charge in [0.15, 0.2) is 5.69 Å². The van der Waals surface area contributed by atoms with Crippen molar-refractivity contribution in [1.29, 1.82) is 0 Å². The van der Waals surface area contributed by atoms with Gasteiger partial charge in [-0.3, -0.25) is 4.40 Å². The Hall–Kier alpha value is -2.14. The number of halogens is 1. The molecule has 5 heteroatoms. The number of pyridine rings is 1. The van der Waals surface area contributed by atoms with Crippen LogP contribution in [0.25, 0.3) is 16.8 Å². The number of carboxylic acid groups (broad SMARTS) is 1. The first-order chi connectivity index (χ1) is 10.5. The number of fused-ring (bicyclic) bond motifs is 1. The van der Waals surface area contributed by atoms with Crippen molar-refractivity contribution >= 4 is 27.5 Å². The smallest absolute Gasteiger partial charge is 0.357 e. The fraction of sp³-hybridized carbons (Fsp3) is 0.176. The summed E-state index contributed by atoms with van der Waals surface area (Å²) in [5.41, 5.74) is 3.86. The predicted molar refractivity (Wildman–Crippen MR) is 89.4 cm³/mol. The lowest BCUT2D eigenvalue weighted by atomic mass is 10.00. The van der Waals surface area contributed by atoms with Gasteiger partial charge in [0.25, 0.3) is 0 Å². The van der Waals surface area contributed by atoms with Gasteiger partial charge in [-0.1, -0.05) is 44.2 Å². The predicted octanol–water partition coefficient (Wildman–Crippen LogP) is 4.59. The van der Waals surface area contributed by atoms with Crippen molar-refractivity contribution in [3.63, 3.8) is 0 Å². The zero-order valence-electron chi connectivity index (χ0n) is 12.2. The zero-order valence-corrected chi connectivity index (χ0v) is 13.8. The molecule has 0 amide bonds. The molecular formula is C17H15BrN2O2. The minimum absolute atomic E-state index is 0.0344. The Morgan fingerprint density at radius 3 is 2.50 bits per heavy atom. The number of rotatable bonds is 3. The fourth-order valence-corrected chi connectivity index (χ4v) is 3.02. The van der Waals surface area contributed by atoms with Crippen LogP contribution in [0.15, 0.2) is 47.2 Å². The van der Waals surface area contributed by atoms with E-state index < -0.39 is 5.97 Å². The largest absolute Gasteiger partial charge is 0.476 e. The van der Waals surface area contributed by atoms with Gasteiger partial charge in [0.2, 0.25) is 0 Å². The van der Waals surface area contributed by atoms with E-state index in [-0.39, 0.29) is 11.6 Å². The molecule has 0 saturated carbocycles. The molecule has 1 N–H and O–H groups in total. The van der Waals surface area contributed by atoms with Gasteiger partial charge >= 0.3 is 5.97 Å². The average Bonchev–Trinajstić information content (AvgIpc) is 2.84. The zero-order chi connectivity index (χ0) is 15.9. The summed E-state index contributed by atoms with van der Waals surface area (Å²) in [6.07, 6.45) is 1.92. The van der Waals surface area contributed by atoms with E-state index in [1.54, 1.807) is 4.40 Å². The Morgan fingerprint density at radius 2 is 1.91 bits per heavy atom. The van der Waals surface area contributed by atoms with Gasteiger partial charge in [-0.2, -0.15) is 0 Å². The Morgan fingerprint density at radius 1 is 1.23 bits per heavy atom. The Kier molecular flexibility index (Phi) is 3.74. The molecule has 0 fully saturated rings. The van der Waals surface area contributed by atoms with E-state index in [4.69, 9.17) is 0 Å². The molecule has 3 rings (SSSR count). The van der Waals surface area contributed by atoms with E-state index in [0.29, 0.717) is 10.3 Å². The summed E-state index contributed by atoms with van der Waals surface area (Å²) < 4.78 is 2.27. The fourth-order valence-electron chi connectivity index (χ4n) is 2.49. The Balaban J connectivity index is 2.34. The summed E-state index contributed by atoms with van der Waals surface area (Å²) >= 11 is 3.36. The molecule has 2 aromatic heterocycles. The highest BCUT2D eigenvalue weighted by atomic mass is 79.9. The number of benzene rings is 1. The monoisotopic (exact) mass is 358 g/mol. The molecule has 2 heterocycles. The van der Waals surface area contributed by atoms with Gasteiger partial charge in [0.1, 0.15) is 10.3 Å². The second kappa shape index (κ2) is 5.57. The van der Waals surface area contributed by atoms with Crippen molar-refractivity contribution in [1.82, 2.24) is 9.38 Å².